The highest BCUT2D eigenvalue weighted by Crippen LogP contribution is 2.24. The molecular weight excluding hydrogens is 294 g/mol. The summed E-state index contributed by atoms with van der Waals surface area (Å²) in [6.07, 6.45) is 3.39. The van der Waals surface area contributed by atoms with Crippen molar-refractivity contribution >= 4 is 23.4 Å². The van der Waals surface area contributed by atoms with E-state index >= 15 is 0 Å². The van der Waals surface area contributed by atoms with Gasteiger partial charge in [-0.1, -0.05) is 22.8 Å². The van der Waals surface area contributed by atoms with Crippen molar-refractivity contribution in [1.29, 1.82) is 0 Å². The van der Waals surface area contributed by atoms with Crippen LogP contribution < -0.4 is 5.32 Å². The molecule has 20 heavy (non-hydrogen) atoms. The minimum Gasteiger partial charge on any atom is -0.339 e. The summed E-state index contributed by atoms with van der Waals surface area (Å²) in [5.41, 5.74) is 0. The third-order valence-electron chi connectivity index (χ3n) is 3.02. The molecule has 1 aromatic carbocycles. The van der Waals surface area contributed by atoms with Crippen LogP contribution in [0.15, 0.2) is 33.7 Å². The van der Waals surface area contributed by atoms with Gasteiger partial charge in [0, 0.05) is 28.9 Å². The number of nitrogens with one attached hydrogen (secondary N) is 1. The molecule has 1 N–H and O–H groups in total. The normalized spacial score (nSPS) is 14.7. The maximum Gasteiger partial charge on any atom is 0.227 e. The molecule has 0 atom stereocenters. The molecule has 0 saturated heterocycles. The number of hydrogen-bond donors (Lipinski definition) is 1. The van der Waals surface area contributed by atoms with Crippen LogP contribution in [0, 0.1) is 0 Å². The Balaban J connectivity index is 1.46. The van der Waals surface area contributed by atoms with Gasteiger partial charge >= 0.3 is 0 Å². The predicted molar refractivity (Wildman–Crippen MR) is 80.0 cm³/mol. The smallest absolute Gasteiger partial charge is 0.227 e. The van der Waals surface area contributed by atoms with Crippen LogP contribution in [0.5, 0.6) is 0 Å². The average Bonchev–Trinajstić information content (AvgIpc) is 3.15. The molecule has 0 spiro atoms. The van der Waals surface area contributed by atoms with Crippen LogP contribution in [0.4, 0.5) is 0 Å². The summed E-state index contributed by atoms with van der Waals surface area (Å²) >= 11 is 7.60. The van der Waals surface area contributed by atoms with E-state index in [1.54, 1.807) is 11.8 Å². The molecule has 1 aromatic heterocycles. The average molecular weight is 310 g/mol. The molecule has 0 radical (unpaired) electrons. The van der Waals surface area contributed by atoms with Crippen LogP contribution in [0.3, 0.4) is 0 Å². The first kappa shape index (κ1) is 13.9. The van der Waals surface area contributed by atoms with Gasteiger partial charge in [0.15, 0.2) is 5.82 Å². The third-order valence-corrected chi connectivity index (χ3v) is 4.25. The van der Waals surface area contributed by atoms with Gasteiger partial charge in [-0.3, -0.25) is 0 Å². The topological polar surface area (TPSA) is 51.0 Å². The lowest BCUT2D eigenvalue weighted by Gasteiger charge is -1.98. The molecule has 0 bridgehead atoms. The zero-order valence-electron chi connectivity index (χ0n) is 11.0. The van der Waals surface area contributed by atoms with Crippen LogP contribution >= 0.6 is 23.4 Å². The van der Waals surface area contributed by atoms with Crippen LogP contribution in [0.1, 0.15) is 24.6 Å². The molecule has 0 amide bonds. The van der Waals surface area contributed by atoms with E-state index in [1.165, 1.54) is 12.8 Å². The Bertz CT molecular complexity index is 571. The molecule has 0 aliphatic heterocycles. The lowest BCUT2D eigenvalue weighted by Crippen LogP contribution is -2.19. The van der Waals surface area contributed by atoms with E-state index in [1.807, 2.05) is 24.3 Å². The number of aromatic nitrogens is 2. The highest BCUT2D eigenvalue weighted by molar-refractivity contribution is 7.98. The van der Waals surface area contributed by atoms with E-state index in [-0.39, 0.29) is 0 Å². The Morgan fingerprint density at radius 2 is 2.30 bits per heavy atom. The maximum absolute atomic E-state index is 5.95. The maximum atomic E-state index is 5.95. The molecule has 6 heteroatoms. The van der Waals surface area contributed by atoms with Crippen molar-refractivity contribution in [2.24, 2.45) is 0 Å². The number of hydrogen-bond acceptors (Lipinski definition) is 5. The van der Waals surface area contributed by atoms with E-state index in [4.69, 9.17) is 16.1 Å². The van der Waals surface area contributed by atoms with E-state index < -0.39 is 0 Å². The Hall–Kier alpha value is -1.04. The SMILES string of the molecule is Clc1cccc(SCc2noc(CCNC3CC3)n2)c1. The molecule has 1 aliphatic rings. The molecule has 4 nitrogen and oxygen atoms in total. The van der Waals surface area contributed by atoms with Crippen molar-refractivity contribution in [2.45, 2.75) is 36.0 Å². The van der Waals surface area contributed by atoms with Crippen LogP contribution in [-0.2, 0) is 12.2 Å². The van der Waals surface area contributed by atoms with Crippen LogP contribution in [-0.4, -0.2) is 22.7 Å². The van der Waals surface area contributed by atoms with Crippen molar-refractivity contribution in [3.8, 4) is 0 Å². The summed E-state index contributed by atoms with van der Waals surface area (Å²) in [5.74, 6) is 2.14. The van der Waals surface area contributed by atoms with Gasteiger partial charge in [-0.15, -0.1) is 11.8 Å². The largest absolute Gasteiger partial charge is 0.339 e. The van der Waals surface area contributed by atoms with Gasteiger partial charge in [-0.25, -0.2) is 0 Å². The summed E-state index contributed by atoms with van der Waals surface area (Å²) in [6, 6.07) is 8.49. The summed E-state index contributed by atoms with van der Waals surface area (Å²) < 4.78 is 5.24. The highest BCUT2D eigenvalue weighted by Gasteiger charge is 2.20. The Morgan fingerprint density at radius 1 is 1.40 bits per heavy atom. The first-order valence-corrected chi connectivity index (χ1v) is 8.09. The molecule has 1 fully saturated rings. The molecule has 1 saturated carbocycles. The lowest BCUT2D eigenvalue weighted by molar-refractivity contribution is 0.372. The second-order valence-corrected chi connectivity index (χ2v) is 6.31. The van der Waals surface area contributed by atoms with Gasteiger partial charge in [0.25, 0.3) is 0 Å². The predicted octanol–water partition coefficient (Wildman–Crippen LogP) is 3.31. The Labute approximate surface area is 127 Å². The van der Waals surface area contributed by atoms with Crippen LogP contribution in [0.25, 0.3) is 0 Å². The molecule has 0 unspecified atom stereocenters. The number of benzene rings is 1. The van der Waals surface area contributed by atoms with Crippen molar-refractivity contribution < 1.29 is 4.52 Å². The number of nitrogens with zero attached hydrogens (tertiary/aromatic N) is 2. The molecular formula is C14H16ClN3OS. The minimum absolute atomic E-state index is 0.694. The van der Waals surface area contributed by atoms with E-state index in [2.05, 4.69) is 15.5 Å². The first-order chi connectivity index (χ1) is 9.79. The molecule has 106 valence electrons. The fourth-order valence-corrected chi connectivity index (χ4v) is 2.88. The van der Waals surface area contributed by atoms with Crippen LogP contribution in [0.2, 0.25) is 5.02 Å². The first-order valence-electron chi connectivity index (χ1n) is 6.73. The summed E-state index contributed by atoms with van der Waals surface area (Å²) in [4.78, 5) is 5.50. The van der Waals surface area contributed by atoms with Gasteiger partial charge in [-0.2, -0.15) is 4.98 Å². The molecule has 1 aliphatic carbocycles. The second-order valence-electron chi connectivity index (χ2n) is 4.83. The molecule has 1 heterocycles. The number of thioether (sulfide) groups is 1. The quantitative estimate of drug-likeness (QED) is 0.795. The minimum atomic E-state index is 0.694. The summed E-state index contributed by atoms with van der Waals surface area (Å²) in [7, 11) is 0. The Morgan fingerprint density at radius 3 is 3.10 bits per heavy atom. The zero-order chi connectivity index (χ0) is 13.8. The van der Waals surface area contributed by atoms with E-state index in [0.717, 1.165) is 34.7 Å². The summed E-state index contributed by atoms with van der Waals surface area (Å²) in [6.45, 7) is 0.910. The third kappa shape index (κ3) is 4.23. The molecule has 2 aromatic rings. The standard InChI is InChI=1S/C14H16ClN3OS/c15-10-2-1-3-12(8-10)20-9-13-17-14(19-18-13)6-7-16-11-4-5-11/h1-3,8,11,16H,4-7,9H2. The zero-order valence-corrected chi connectivity index (χ0v) is 12.6. The van der Waals surface area contributed by atoms with Gasteiger partial charge in [0.05, 0.1) is 5.75 Å². The van der Waals surface area contributed by atoms with Crippen molar-refractivity contribution in [3.63, 3.8) is 0 Å². The highest BCUT2D eigenvalue weighted by atomic mass is 35.5. The van der Waals surface area contributed by atoms with E-state index in [9.17, 15) is 0 Å². The second kappa shape index (κ2) is 6.61. The Kier molecular flexibility index (Phi) is 4.60. The number of rotatable bonds is 7. The van der Waals surface area contributed by atoms with Crippen molar-refractivity contribution in [1.82, 2.24) is 15.5 Å². The lowest BCUT2D eigenvalue weighted by atomic mass is 10.4. The number of halogens is 1. The van der Waals surface area contributed by atoms with Gasteiger partial charge in [-0.05, 0) is 31.0 Å². The van der Waals surface area contributed by atoms with Gasteiger partial charge in [0.2, 0.25) is 5.89 Å². The fourth-order valence-electron chi connectivity index (χ4n) is 1.83. The monoisotopic (exact) mass is 309 g/mol. The fraction of sp³-hybridized carbons (Fsp3) is 0.429. The van der Waals surface area contributed by atoms with Gasteiger partial charge in [0.1, 0.15) is 0 Å². The van der Waals surface area contributed by atoms with E-state index in [0.29, 0.717) is 11.6 Å². The van der Waals surface area contributed by atoms with Gasteiger partial charge < -0.3 is 9.84 Å². The van der Waals surface area contributed by atoms with Crippen molar-refractivity contribution in [3.05, 3.63) is 41.0 Å². The molecule has 3 rings (SSSR count). The van der Waals surface area contributed by atoms with Crippen molar-refractivity contribution in [2.75, 3.05) is 6.54 Å². The summed E-state index contributed by atoms with van der Waals surface area (Å²) in [5, 5.41) is 8.18.